The number of hydrogen-bond acceptors (Lipinski definition) is 7. The van der Waals surface area contributed by atoms with Gasteiger partial charge in [-0.25, -0.2) is 13.2 Å². The maximum absolute atomic E-state index is 12.4. The Morgan fingerprint density at radius 2 is 1.97 bits per heavy atom. The van der Waals surface area contributed by atoms with Gasteiger partial charge in [0, 0.05) is 13.1 Å². The molecule has 1 aliphatic rings. The molecular formula is C19H24N4O5S. The Balaban J connectivity index is 1.65. The number of amides is 1. The van der Waals surface area contributed by atoms with E-state index in [0.717, 1.165) is 16.8 Å². The number of ether oxygens (including phenoxy) is 1. The molecule has 2 aromatic rings. The van der Waals surface area contributed by atoms with Crippen LogP contribution >= 0.6 is 0 Å². The Hall–Kier alpha value is -2.75. The van der Waals surface area contributed by atoms with Crippen LogP contribution in [-0.4, -0.2) is 71.4 Å². The van der Waals surface area contributed by atoms with Gasteiger partial charge in [-0.1, -0.05) is 17.7 Å². The van der Waals surface area contributed by atoms with Gasteiger partial charge in [0.25, 0.3) is 5.91 Å². The van der Waals surface area contributed by atoms with E-state index in [1.807, 2.05) is 32.0 Å². The van der Waals surface area contributed by atoms with Crippen molar-refractivity contribution < 1.29 is 22.7 Å². The third-order valence-electron chi connectivity index (χ3n) is 5.02. The van der Waals surface area contributed by atoms with E-state index in [4.69, 9.17) is 4.74 Å². The number of likely N-dealkylation sites (N-methyl/N-ethyl adjacent to an activating group) is 1. The molecule has 0 N–H and O–H groups in total. The van der Waals surface area contributed by atoms with Crippen LogP contribution in [0.15, 0.2) is 18.2 Å². The van der Waals surface area contributed by atoms with Gasteiger partial charge in [-0.15, -0.1) is 5.10 Å². The SMILES string of the molecule is Cc1ccc(-n2nc(C)c(C(=O)OCC(=O)N(C)[C@@H]3CCS(=O)(=O)C3)n2)c(C)c1. The number of aryl methyl sites for hydroxylation is 3. The van der Waals surface area contributed by atoms with Crippen LogP contribution in [0, 0.1) is 20.8 Å². The highest BCUT2D eigenvalue weighted by Crippen LogP contribution is 2.17. The molecule has 1 aromatic heterocycles. The van der Waals surface area contributed by atoms with Crippen LogP contribution in [0.3, 0.4) is 0 Å². The lowest BCUT2D eigenvalue weighted by atomic mass is 10.1. The highest BCUT2D eigenvalue weighted by molar-refractivity contribution is 7.91. The molecule has 10 heteroatoms. The van der Waals surface area contributed by atoms with E-state index < -0.39 is 34.4 Å². The topological polar surface area (TPSA) is 111 Å². The number of aromatic nitrogens is 3. The molecular weight excluding hydrogens is 396 g/mol. The molecule has 1 amide bonds. The monoisotopic (exact) mass is 420 g/mol. The quantitative estimate of drug-likeness (QED) is 0.663. The molecule has 0 aliphatic carbocycles. The van der Waals surface area contributed by atoms with Gasteiger partial charge in [0.05, 0.1) is 22.9 Å². The molecule has 156 valence electrons. The average molecular weight is 420 g/mol. The van der Waals surface area contributed by atoms with Crippen LogP contribution in [0.4, 0.5) is 0 Å². The zero-order valence-corrected chi connectivity index (χ0v) is 17.7. The average Bonchev–Trinajstić information content (AvgIpc) is 3.21. The molecule has 1 atom stereocenters. The smallest absolute Gasteiger partial charge is 0.361 e. The van der Waals surface area contributed by atoms with E-state index in [1.54, 1.807) is 6.92 Å². The van der Waals surface area contributed by atoms with Crippen molar-refractivity contribution in [3.05, 3.63) is 40.7 Å². The lowest BCUT2D eigenvalue weighted by molar-refractivity contribution is -0.134. The molecule has 1 aliphatic heterocycles. The summed E-state index contributed by atoms with van der Waals surface area (Å²) in [4.78, 5) is 27.4. The molecule has 3 rings (SSSR count). The van der Waals surface area contributed by atoms with E-state index in [9.17, 15) is 18.0 Å². The van der Waals surface area contributed by atoms with Crippen LogP contribution in [0.2, 0.25) is 0 Å². The highest BCUT2D eigenvalue weighted by Gasteiger charge is 2.33. The van der Waals surface area contributed by atoms with Gasteiger partial charge < -0.3 is 9.64 Å². The summed E-state index contributed by atoms with van der Waals surface area (Å²) in [7, 11) is -1.59. The third-order valence-corrected chi connectivity index (χ3v) is 6.77. The van der Waals surface area contributed by atoms with Crippen molar-refractivity contribution in [3.8, 4) is 5.69 Å². The molecule has 2 heterocycles. The molecule has 9 nitrogen and oxygen atoms in total. The van der Waals surface area contributed by atoms with E-state index in [1.165, 1.54) is 16.7 Å². The van der Waals surface area contributed by atoms with Gasteiger partial charge in [0.1, 0.15) is 0 Å². The first-order chi connectivity index (χ1) is 13.6. The van der Waals surface area contributed by atoms with Crippen molar-refractivity contribution in [2.75, 3.05) is 25.2 Å². The number of carbonyl (C=O) groups excluding carboxylic acids is 2. The van der Waals surface area contributed by atoms with Gasteiger partial charge in [0.15, 0.2) is 22.1 Å². The molecule has 0 unspecified atom stereocenters. The Kier molecular flexibility index (Phi) is 5.74. The zero-order valence-electron chi connectivity index (χ0n) is 16.9. The fourth-order valence-corrected chi connectivity index (χ4v) is 5.06. The summed E-state index contributed by atoms with van der Waals surface area (Å²) in [6, 6.07) is 5.40. The van der Waals surface area contributed by atoms with Gasteiger partial charge in [0.2, 0.25) is 0 Å². The first-order valence-corrected chi connectivity index (χ1v) is 11.0. The number of sulfone groups is 1. The molecule has 29 heavy (non-hydrogen) atoms. The second-order valence-corrected chi connectivity index (χ2v) is 9.58. The summed E-state index contributed by atoms with van der Waals surface area (Å²) in [6.07, 6.45) is 0.391. The first kappa shape index (κ1) is 21.0. The summed E-state index contributed by atoms with van der Waals surface area (Å²) in [5.74, 6) is -1.21. The number of rotatable bonds is 5. The number of carbonyl (C=O) groups is 2. The Bertz CT molecular complexity index is 1060. The van der Waals surface area contributed by atoms with Crippen molar-refractivity contribution >= 4 is 21.7 Å². The van der Waals surface area contributed by atoms with Crippen LogP contribution in [0.5, 0.6) is 0 Å². The Labute approximate surface area is 169 Å². The summed E-state index contributed by atoms with van der Waals surface area (Å²) in [6.45, 7) is 5.07. The number of benzene rings is 1. The molecule has 1 fully saturated rings. The molecule has 1 aromatic carbocycles. The standard InChI is InChI=1S/C19H24N4O5S/c1-12-5-6-16(13(2)9-12)23-20-14(3)18(21-23)19(25)28-10-17(24)22(4)15-7-8-29(26,27)11-15/h5-6,9,15H,7-8,10-11H2,1-4H3/t15-/m1/s1. The van der Waals surface area contributed by atoms with Crippen molar-refractivity contribution in [3.63, 3.8) is 0 Å². The molecule has 1 saturated heterocycles. The number of hydrogen-bond donors (Lipinski definition) is 0. The Morgan fingerprint density at radius 3 is 2.59 bits per heavy atom. The van der Waals surface area contributed by atoms with Crippen LogP contribution in [-0.2, 0) is 19.4 Å². The van der Waals surface area contributed by atoms with E-state index in [-0.39, 0.29) is 17.2 Å². The second-order valence-electron chi connectivity index (χ2n) is 7.35. The van der Waals surface area contributed by atoms with E-state index in [0.29, 0.717) is 12.1 Å². The molecule has 0 spiro atoms. The van der Waals surface area contributed by atoms with Crippen molar-refractivity contribution in [1.29, 1.82) is 0 Å². The third kappa shape index (κ3) is 4.64. The summed E-state index contributed by atoms with van der Waals surface area (Å²) in [5.41, 5.74) is 3.23. The molecule has 0 bridgehead atoms. The zero-order chi connectivity index (χ0) is 21.3. The fourth-order valence-electron chi connectivity index (χ4n) is 3.29. The lowest BCUT2D eigenvalue weighted by Gasteiger charge is -2.23. The van der Waals surface area contributed by atoms with Crippen molar-refractivity contribution in [2.45, 2.75) is 33.2 Å². The normalized spacial score (nSPS) is 17.9. The van der Waals surface area contributed by atoms with E-state index >= 15 is 0 Å². The van der Waals surface area contributed by atoms with Crippen LogP contribution < -0.4 is 0 Å². The molecule has 0 radical (unpaired) electrons. The number of nitrogens with zero attached hydrogens (tertiary/aromatic N) is 4. The predicted octanol–water partition coefficient (Wildman–Crippen LogP) is 0.995. The van der Waals surface area contributed by atoms with Crippen LogP contribution in [0.25, 0.3) is 5.69 Å². The summed E-state index contributed by atoms with van der Waals surface area (Å²) < 4.78 is 28.3. The van der Waals surface area contributed by atoms with Gasteiger partial charge in [-0.2, -0.15) is 9.90 Å². The predicted molar refractivity (Wildman–Crippen MR) is 106 cm³/mol. The maximum atomic E-state index is 12.4. The van der Waals surface area contributed by atoms with Gasteiger partial charge >= 0.3 is 5.97 Å². The minimum absolute atomic E-state index is 0.0314. The second kappa shape index (κ2) is 7.94. The largest absolute Gasteiger partial charge is 0.451 e. The molecule has 0 saturated carbocycles. The first-order valence-electron chi connectivity index (χ1n) is 9.22. The fraction of sp³-hybridized carbons (Fsp3) is 0.474. The van der Waals surface area contributed by atoms with Gasteiger partial charge in [-0.3, -0.25) is 4.79 Å². The van der Waals surface area contributed by atoms with Gasteiger partial charge in [-0.05, 0) is 38.8 Å². The lowest BCUT2D eigenvalue weighted by Crippen LogP contribution is -2.40. The van der Waals surface area contributed by atoms with Crippen LogP contribution in [0.1, 0.15) is 33.7 Å². The number of esters is 1. The summed E-state index contributed by atoms with van der Waals surface area (Å²) in [5, 5.41) is 8.49. The van der Waals surface area contributed by atoms with Crippen molar-refractivity contribution in [2.24, 2.45) is 0 Å². The van der Waals surface area contributed by atoms with E-state index in [2.05, 4.69) is 10.2 Å². The minimum atomic E-state index is -3.11. The summed E-state index contributed by atoms with van der Waals surface area (Å²) >= 11 is 0. The maximum Gasteiger partial charge on any atom is 0.361 e. The van der Waals surface area contributed by atoms with Crippen molar-refractivity contribution in [1.82, 2.24) is 19.9 Å². The Morgan fingerprint density at radius 1 is 1.24 bits per heavy atom. The highest BCUT2D eigenvalue weighted by atomic mass is 32.2. The minimum Gasteiger partial charge on any atom is -0.451 e.